The van der Waals surface area contributed by atoms with E-state index in [0.29, 0.717) is 25.2 Å². The van der Waals surface area contributed by atoms with Crippen molar-refractivity contribution in [1.29, 1.82) is 0 Å². The molecule has 5 heteroatoms. The molecule has 1 aliphatic rings. The molecule has 0 radical (unpaired) electrons. The first kappa shape index (κ1) is 14.5. The number of hydrogen-bond acceptors (Lipinski definition) is 3. The Labute approximate surface area is 118 Å². The summed E-state index contributed by atoms with van der Waals surface area (Å²) in [6.07, 6.45) is 1.73. The van der Waals surface area contributed by atoms with E-state index in [4.69, 9.17) is 5.73 Å². The summed E-state index contributed by atoms with van der Waals surface area (Å²) in [4.78, 5) is 23.6. The van der Waals surface area contributed by atoms with Gasteiger partial charge in [-0.15, -0.1) is 0 Å². The van der Waals surface area contributed by atoms with Crippen LogP contribution >= 0.6 is 0 Å². The molecule has 0 heterocycles. The summed E-state index contributed by atoms with van der Waals surface area (Å²) in [6, 6.07) is 7.37. The van der Waals surface area contributed by atoms with Crippen LogP contribution in [0.2, 0.25) is 0 Å². The molecule has 0 unspecified atom stereocenters. The Kier molecular flexibility index (Phi) is 4.39. The molecule has 1 aromatic rings. The average molecular weight is 275 g/mol. The van der Waals surface area contributed by atoms with E-state index in [-0.39, 0.29) is 17.2 Å². The second-order valence-electron chi connectivity index (χ2n) is 5.36. The van der Waals surface area contributed by atoms with E-state index >= 15 is 0 Å². The van der Waals surface area contributed by atoms with Crippen molar-refractivity contribution >= 4 is 11.8 Å². The lowest BCUT2D eigenvalue weighted by Crippen LogP contribution is -2.40. The quantitative estimate of drug-likeness (QED) is 0.664. The fourth-order valence-electron chi connectivity index (χ4n) is 2.02. The van der Waals surface area contributed by atoms with Gasteiger partial charge < -0.3 is 16.4 Å². The van der Waals surface area contributed by atoms with Gasteiger partial charge in [-0.3, -0.25) is 9.59 Å². The van der Waals surface area contributed by atoms with Crippen LogP contribution in [-0.4, -0.2) is 31.4 Å². The molecule has 1 aliphatic carbocycles. The lowest BCUT2D eigenvalue weighted by atomic mass is 10.1. The SMILES string of the molecule is Cc1ccc(C(=O)NCCNC(=O)C2(CN)CC2)cc1. The van der Waals surface area contributed by atoms with Gasteiger partial charge in [0, 0.05) is 25.2 Å². The molecule has 2 amide bonds. The third kappa shape index (κ3) is 3.36. The van der Waals surface area contributed by atoms with Crippen LogP contribution in [0, 0.1) is 12.3 Å². The predicted molar refractivity (Wildman–Crippen MR) is 77.2 cm³/mol. The van der Waals surface area contributed by atoms with Gasteiger partial charge in [0.05, 0.1) is 5.41 Å². The van der Waals surface area contributed by atoms with Gasteiger partial charge in [-0.1, -0.05) is 17.7 Å². The Morgan fingerprint density at radius 2 is 1.75 bits per heavy atom. The number of carbonyl (C=O) groups excluding carboxylic acids is 2. The molecule has 0 spiro atoms. The molecule has 1 saturated carbocycles. The van der Waals surface area contributed by atoms with Crippen molar-refractivity contribution in [1.82, 2.24) is 10.6 Å². The third-order valence-corrected chi connectivity index (χ3v) is 3.74. The maximum absolute atomic E-state index is 11.8. The van der Waals surface area contributed by atoms with E-state index in [1.165, 1.54) is 0 Å². The number of carbonyl (C=O) groups is 2. The monoisotopic (exact) mass is 275 g/mol. The van der Waals surface area contributed by atoms with Crippen LogP contribution in [0.25, 0.3) is 0 Å². The van der Waals surface area contributed by atoms with Crippen molar-refractivity contribution in [3.8, 4) is 0 Å². The summed E-state index contributed by atoms with van der Waals surface area (Å²) in [6.45, 7) is 3.22. The highest BCUT2D eigenvalue weighted by Gasteiger charge is 2.48. The van der Waals surface area contributed by atoms with Gasteiger partial charge in [0.2, 0.25) is 5.91 Å². The molecule has 0 atom stereocenters. The highest BCUT2D eigenvalue weighted by atomic mass is 16.2. The highest BCUT2D eigenvalue weighted by molar-refractivity contribution is 5.94. The summed E-state index contributed by atoms with van der Waals surface area (Å²) < 4.78 is 0. The first-order valence-corrected chi connectivity index (χ1v) is 6.91. The number of aryl methyl sites for hydroxylation is 1. The molecule has 0 saturated heterocycles. The van der Waals surface area contributed by atoms with Gasteiger partial charge in [-0.2, -0.15) is 0 Å². The largest absolute Gasteiger partial charge is 0.354 e. The van der Waals surface area contributed by atoms with Crippen LogP contribution in [0.4, 0.5) is 0 Å². The Balaban J connectivity index is 1.69. The molecule has 0 bridgehead atoms. The first-order chi connectivity index (χ1) is 9.57. The van der Waals surface area contributed by atoms with Gasteiger partial charge in [0.1, 0.15) is 0 Å². The summed E-state index contributed by atoms with van der Waals surface area (Å²) in [5.74, 6) is -0.121. The first-order valence-electron chi connectivity index (χ1n) is 6.91. The lowest BCUT2D eigenvalue weighted by Gasteiger charge is -2.13. The van der Waals surface area contributed by atoms with Crippen LogP contribution in [0.1, 0.15) is 28.8 Å². The second kappa shape index (κ2) is 6.05. The van der Waals surface area contributed by atoms with Crippen molar-refractivity contribution in [3.63, 3.8) is 0 Å². The van der Waals surface area contributed by atoms with E-state index in [9.17, 15) is 9.59 Å². The van der Waals surface area contributed by atoms with Gasteiger partial charge in [-0.25, -0.2) is 0 Å². The minimum atomic E-state index is -0.332. The van der Waals surface area contributed by atoms with Crippen molar-refractivity contribution in [3.05, 3.63) is 35.4 Å². The zero-order valence-corrected chi connectivity index (χ0v) is 11.7. The maximum atomic E-state index is 11.8. The smallest absolute Gasteiger partial charge is 0.251 e. The maximum Gasteiger partial charge on any atom is 0.251 e. The average Bonchev–Trinajstić information content (AvgIpc) is 3.25. The van der Waals surface area contributed by atoms with Crippen LogP contribution in [-0.2, 0) is 4.79 Å². The van der Waals surface area contributed by atoms with Crippen LogP contribution in [0.3, 0.4) is 0 Å². The predicted octanol–water partition coefficient (Wildman–Crippen LogP) is 0.580. The summed E-state index contributed by atoms with van der Waals surface area (Å²) in [5, 5.41) is 5.60. The summed E-state index contributed by atoms with van der Waals surface area (Å²) >= 11 is 0. The fourth-order valence-corrected chi connectivity index (χ4v) is 2.02. The van der Waals surface area contributed by atoms with Gasteiger partial charge >= 0.3 is 0 Å². The van der Waals surface area contributed by atoms with Crippen LogP contribution in [0.15, 0.2) is 24.3 Å². The number of rotatable bonds is 6. The van der Waals surface area contributed by atoms with Crippen molar-refractivity contribution in [2.75, 3.05) is 19.6 Å². The van der Waals surface area contributed by atoms with Crippen molar-refractivity contribution in [2.24, 2.45) is 11.1 Å². The molecule has 4 N–H and O–H groups in total. The molecule has 20 heavy (non-hydrogen) atoms. The van der Waals surface area contributed by atoms with Gasteiger partial charge in [-0.05, 0) is 31.9 Å². The normalized spacial score (nSPS) is 15.5. The van der Waals surface area contributed by atoms with Crippen LogP contribution in [0.5, 0.6) is 0 Å². The van der Waals surface area contributed by atoms with E-state index < -0.39 is 0 Å². The van der Waals surface area contributed by atoms with E-state index in [1.807, 2.05) is 19.1 Å². The number of amides is 2. The highest BCUT2D eigenvalue weighted by Crippen LogP contribution is 2.44. The summed E-state index contributed by atoms with van der Waals surface area (Å²) in [7, 11) is 0. The van der Waals surface area contributed by atoms with Gasteiger partial charge in [0.25, 0.3) is 5.91 Å². The molecule has 5 nitrogen and oxygen atoms in total. The van der Waals surface area contributed by atoms with E-state index in [1.54, 1.807) is 12.1 Å². The number of hydrogen-bond donors (Lipinski definition) is 3. The molecule has 0 aromatic heterocycles. The summed E-state index contributed by atoms with van der Waals surface area (Å²) in [5.41, 5.74) is 6.99. The van der Waals surface area contributed by atoms with Crippen LogP contribution < -0.4 is 16.4 Å². The zero-order chi connectivity index (χ0) is 14.6. The number of nitrogens with two attached hydrogens (primary N) is 1. The second-order valence-corrected chi connectivity index (χ2v) is 5.36. The standard InChI is InChI=1S/C15H21N3O2/c1-11-2-4-12(5-3-11)13(19)17-8-9-18-14(20)15(10-16)6-7-15/h2-5H,6-10,16H2,1H3,(H,17,19)(H,18,20). The fraction of sp³-hybridized carbons (Fsp3) is 0.467. The molecule has 1 fully saturated rings. The van der Waals surface area contributed by atoms with Crippen molar-refractivity contribution < 1.29 is 9.59 Å². The molecular formula is C15H21N3O2. The van der Waals surface area contributed by atoms with Crippen molar-refractivity contribution in [2.45, 2.75) is 19.8 Å². The minimum Gasteiger partial charge on any atom is -0.354 e. The lowest BCUT2D eigenvalue weighted by molar-refractivity contribution is -0.125. The Morgan fingerprint density at radius 1 is 1.15 bits per heavy atom. The molecule has 1 aromatic carbocycles. The minimum absolute atomic E-state index is 0.00425. The van der Waals surface area contributed by atoms with E-state index in [0.717, 1.165) is 18.4 Å². The Morgan fingerprint density at radius 3 is 2.30 bits per heavy atom. The third-order valence-electron chi connectivity index (χ3n) is 3.74. The van der Waals surface area contributed by atoms with Gasteiger partial charge in [0.15, 0.2) is 0 Å². The zero-order valence-electron chi connectivity index (χ0n) is 11.7. The molecule has 0 aliphatic heterocycles. The number of benzene rings is 1. The molecule has 108 valence electrons. The van der Waals surface area contributed by atoms with E-state index in [2.05, 4.69) is 10.6 Å². The Hall–Kier alpha value is -1.88. The topological polar surface area (TPSA) is 84.2 Å². The molecular weight excluding hydrogens is 254 g/mol. The number of nitrogens with one attached hydrogen (secondary N) is 2. The Bertz CT molecular complexity index is 492. The molecule has 2 rings (SSSR count).